The second-order valence-corrected chi connectivity index (χ2v) is 4.64. The third-order valence-corrected chi connectivity index (χ3v) is 3.89. The van der Waals surface area contributed by atoms with Gasteiger partial charge in [0.15, 0.2) is 0 Å². The Kier molecular flexibility index (Phi) is 3.23. The molecular weight excluding hydrogens is 162 g/mol. The van der Waals surface area contributed by atoms with Gasteiger partial charge in [-0.05, 0) is 37.3 Å². The molecule has 2 N–H and O–H groups in total. The van der Waals surface area contributed by atoms with Crippen LogP contribution in [0.3, 0.4) is 0 Å². The van der Waals surface area contributed by atoms with E-state index in [9.17, 15) is 0 Å². The molecule has 0 aromatic heterocycles. The van der Waals surface area contributed by atoms with Crippen LogP contribution in [0.4, 0.5) is 0 Å². The average molecular weight is 183 g/mol. The second-order valence-electron chi connectivity index (χ2n) is 4.64. The van der Waals surface area contributed by atoms with Gasteiger partial charge in [-0.25, -0.2) is 0 Å². The highest BCUT2D eigenvalue weighted by Gasteiger charge is 2.33. The predicted molar refractivity (Wildman–Crippen MR) is 53.5 cm³/mol. The van der Waals surface area contributed by atoms with E-state index in [2.05, 4.69) is 5.32 Å². The molecule has 2 fully saturated rings. The summed E-state index contributed by atoms with van der Waals surface area (Å²) in [7, 11) is 0. The minimum absolute atomic E-state index is 0.387. The zero-order valence-electron chi connectivity index (χ0n) is 8.34. The molecule has 13 heavy (non-hydrogen) atoms. The molecule has 1 unspecified atom stereocenters. The molecule has 1 saturated heterocycles. The summed E-state index contributed by atoms with van der Waals surface area (Å²) in [4.78, 5) is 0. The molecule has 76 valence electrons. The van der Waals surface area contributed by atoms with E-state index >= 15 is 0 Å². The number of aliphatic hydroxyl groups is 1. The van der Waals surface area contributed by atoms with Crippen molar-refractivity contribution in [2.75, 3.05) is 19.7 Å². The lowest BCUT2D eigenvalue weighted by Gasteiger charge is -2.38. The van der Waals surface area contributed by atoms with Gasteiger partial charge in [-0.3, -0.25) is 0 Å². The van der Waals surface area contributed by atoms with Crippen LogP contribution in [0.2, 0.25) is 0 Å². The Hall–Kier alpha value is -0.0800. The van der Waals surface area contributed by atoms with Crippen LogP contribution in [0.5, 0.6) is 0 Å². The summed E-state index contributed by atoms with van der Waals surface area (Å²) in [6.07, 6.45) is 6.72. The van der Waals surface area contributed by atoms with Crippen LogP contribution < -0.4 is 5.32 Å². The monoisotopic (exact) mass is 183 g/mol. The zero-order chi connectivity index (χ0) is 9.10. The largest absolute Gasteiger partial charge is 0.396 e. The van der Waals surface area contributed by atoms with Gasteiger partial charge in [-0.1, -0.05) is 25.7 Å². The van der Waals surface area contributed by atoms with Gasteiger partial charge in [0.2, 0.25) is 0 Å². The van der Waals surface area contributed by atoms with Crippen molar-refractivity contribution >= 4 is 0 Å². The molecule has 0 spiro atoms. The van der Waals surface area contributed by atoms with Crippen LogP contribution in [-0.4, -0.2) is 24.8 Å². The smallest absolute Gasteiger partial charge is 0.0433 e. The fourth-order valence-corrected chi connectivity index (χ4v) is 3.00. The van der Waals surface area contributed by atoms with Crippen molar-refractivity contribution in [1.29, 1.82) is 0 Å². The van der Waals surface area contributed by atoms with Gasteiger partial charge >= 0.3 is 0 Å². The van der Waals surface area contributed by atoms with Crippen molar-refractivity contribution < 1.29 is 5.11 Å². The van der Waals surface area contributed by atoms with Crippen molar-refractivity contribution in [2.24, 2.45) is 17.8 Å². The first-order valence-electron chi connectivity index (χ1n) is 5.73. The van der Waals surface area contributed by atoms with Crippen molar-refractivity contribution in [3.63, 3.8) is 0 Å². The lowest BCUT2D eigenvalue weighted by molar-refractivity contribution is 0.127. The first kappa shape index (κ1) is 9.47. The summed E-state index contributed by atoms with van der Waals surface area (Å²) < 4.78 is 0. The molecule has 1 saturated carbocycles. The van der Waals surface area contributed by atoms with E-state index in [1.54, 1.807) is 0 Å². The van der Waals surface area contributed by atoms with Crippen LogP contribution in [-0.2, 0) is 0 Å². The van der Waals surface area contributed by atoms with Gasteiger partial charge in [0.25, 0.3) is 0 Å². The Morgan fingerprint density at radius 1 is 1.15 bits per heavy atom. The Balaban J connectivity index is 1.86. The molecule has 0 bridgehead atoms. The zero-order valence-corrected chi connectivity index (χ0v) is 8.34. The van der Waals surface area contributed by atoms with Crippen LogP contribution >= 0.6 is 0 Å². The molecule has 0 aromatic carbocycles. The Morgan fingerprint density at radius 2 is 1.85 bits per heavy atom. The normalized spacial score (nSPS) is 27.5. The fraction of sp³-hybridized carbons (Fsp3) is 1.00. The van der Waals surface area contributed by atoms with Crippen molar-refractivity contribution in [3.05, 3.63) is 0 Å². The van der Waals surface area contributed by atoms with E-state index in [0.717, 1.165) is 24.2 Å². The summed E-state index contributed by atoms with van der Waals surface area (Å²) in [5.74, 6) is 2.61. The van der Waals surface area contributed by atoms with Crippen molar-refractivity contribution in [3.8, 4) is 0 Å². The molecule has 1 aliphatic heterocycles. The first-order chi connectivity index (χ1) is 6.42. The van der Waals surface area contributed by atoms with E-state index in [0.29, 0.717) is 6.61 Å². The summed E-state index contributed by atoms with van der Waals surface area (Å²) in [6, 6.07) is 0. The fourth-order valence-electron chi connectivity index (χ4n) is 3.00. The van der Waals surface area contributed by atoms with Crippen molar-refractivity contribution in [2.45, 2.75) is 32.1 Å². The maximum absolute atomic E-state index is 9.05. The predicted octanol–water partition coefficient (Wildman–Crippen LogP) is 1.39. The highest BCUT2D eigenvalue weighted by molar-refractivity contribution is 4.87. The van der Waals surface area contributed by atoms with E-state index < -0.39 is 0 Å². The molecule has 1 atom stereocenters. The lowest BCUT2D eigenvalue weighted by Crippen LogP contribution is -2.48. The first-order valence-corrected chi connectivity index (χ1v) is 5.73. The number of aliphatic hydroxyl groups excluding tert-OH is 1. The van der Waals surface area contributed by atoms with Gasteiger partial charge in [-0.2, -0.15) is 0 Å². The number of hydrogen-bond acceptors (Lipinski definition) is 2. The van der Waals surface area contributed by atoms with E-state index in [4.69, 9.17) is 5.11 Å². The van der Waals surface area contributed by atoms with Crippen LogP contribution in [0.25, 0.3) is 0 Å². The summed E-state index contributed by atoms with van der Waals surface area (Å²) in [6.45, 7) is 2.78. The molecule has 2 rings (SSSR count). The van der Waals surface area contributed by atoms with E-state index in [1.807, 2.05) is 0 Å². The van der Waals surface area contributed by atoms with E-state index in [-0.39, 0.29) is 0 Å². The standard InChI is InChI=1S/C11H21NO/c13-6-5-11(10-7-12-8-10)9-3-1-2-4-9/h9-13H,1-8H2. The van der Waals surface area contributed by atoms with Crippen LogP contribution in [0.15, 0.2) is 0 Å². The maximum atomic E-state index is 9.05. The quantitative estimate of drug-likeness (QED) is 0.690. The molecule has 0 aromatic rings. The van der Waals surface area contributed by atoms with Crippen LogP contribution in [0.1, 0.15) is 32.1 Å². The minimum Gasteiger partial charge on any atom is -0.396 e. The topological polar surface area (TPSA) is 32.3 Å². The van der Waals surface area contributed by atoms with Gasteiger partial charge in [0.1, 0.15) is 0 Å². The minimum atomic E-state index is 0.387. The molecule has 0 amide bonds. The van der Waals surface area contributed by atoms with Crippen LogP contribution in [0, 0.1) is 17.8 Å². The number of rotatable bonds is 4. The maximum Gasteiger partial charge on any atom is 0.0433 e. The summed E-state index contributed by atoms with van der Waals surface area (Å²) in [5.41, 5.74) is 0. The van der Waals surface area contributed by atoms with Gasteiger partial charge in [-0.15, -0.1) is 0 Å². The Morgan fingerprint density at radius 3 is 2.31 bits per heavy atom. The molecule has 1 aliphatic carbocycles. The molecule has 2 aliphatic rings. The third kappa shape index (κ3) is 2.05. The molecule has 1 heterocycles. The Labute approximate surface area is 80.7 Å². The summed E-state index contributed by atoms with van der Waals surface area (Å²) >= 11 is 0. The average Bonchev–Trinajstić information content (AvgIpc) is 2.51. The lowest BCUT2D eigenvalue weighted by atomic mass is 9.76. The SMILES string of the molecule is OCCC(C1CCCC1)C1CNC1. The number of nitrogens with one attached hydrogen (secondary N) is 1. The summed E-state index contributed by atoms with van der Waals surface area (Å²) in [5, 5.41) is 12.4. The highest BCUT2D eigenvalue weighted by Crippen LogP contribution is 2.38. The van der Waals surface area contributed by atoms with E-state index in [1.165, 1.54) is 38.8 Å². The number of hydrogen-bond donors (Lipinski definition) is 2. The molecule has 2 nitrogen and oxygen atoms in total. The molecule has 0 radical (unpaired) electrons. The third-order valence-electron chi connectivity index (χ3n) is 3.89. The molecule has 2 heteroatoms. The Bertz CT molecular complexity index is 150. The van der Waals surface area contributed by atoms with Gasteiger partial charge in [0, 0.05) is 6.61 Å². The van der Waals surface area contributed by atoms with Gasteiger partial charge < -0.3 is 10.4 Å². The molecular formula is C11H21NO. The van der Waals surface area contributed by atoms with Gasteiger partial charge in [0.05, 0.1) is 0 Å². The highest BCUT2D eigenvalue weighted by atomic mass is 16.3. The second kappa shape index (κ2) is 4.43. The van der Waals surface area contributed by atoms with Crippen molar-refractivity contribution in [1.82, 2.24) is 5.32 Å².